The first kappa shape index (κ1) is 13.9. The van der Waals surface area contributed by atoms with Crippen molar-refractivity contribution in [3.8, 4) is 0 Å². The molecule has 1 aromatic rings. The third kappa shape index (κ3) is 2.92. The molecule has 1 aliphatic rings. The summed E-state index contributed by atoms with van der Waals surface area (Å²) in [4.78, 5) is 23.7. The minimum absolute atomic E-state index is 0.0706. The number of carboxylic acids is 1. The number of para-hydroxylation sites is 1. The maximum Gasteiger partial charge on any atom is 0.305 e. The second kappa shape index (κ2) is 4.89. The first-order valence-electron chi connectivity index (χ1n) is 6.12. The number of carbonyl (C=O) groups excluding carboxylic acids is 1. The van der Waals surface area contributed by atoms with E-state index in [2.05, 4.69) is 26.1 Å². The predicted molar refractivity (Wildman–Crippen MR) is 75.7 cm³/mol. The van der Waals surface area contributed by atoms with Gasteiger partial charge in [0.2, 0.25) is 5.91 Å². The minimum Gasteiger partial charge on any atom is -0.481 e. The lowest BCUT2D eigenvalue weighted by Crippen LogP contribution is -2.32. The maximum atomic E-state index is 12.0. The van der Waals surface area contributed by atoms with E-state index in [1.54, 1.807) is 0 Å². The fourth-order valence-corrected chi connectivity index (χ4v) is 3.22. The highest BCUT2D eigenvalue weighted by atomic mass is 32.2. The maximum absolute atomic E-state index is 12.0. The Morgan fingerprint density at radius 1 is 1.42 bits per heavy atom. The summed E-state index contributed by atoms with van der Waals surface area (Å²) in [6.45, 7) is 6.26. The molecule has 1 aliphatic heterocycles. The summed E-state index contributed by atoms with van der Waals surface area (Å²) in [7, 11) is 0. The molecule has 19 heavy (non-hydrogen) atoms. The quantitative estimate of drug-likeness (QED) is 0.873. The van der Waals surface area contributed by atoms with Crippen LogP contribution in [0.2, 0.25) is 0 Å². The number of aliphatic carboxylic acids is 1. The number of benzene rings is 1. The molecule has 1 heterocycles. The van der Waals surface area contributed by atoms with Crippen molar-refractivity contribution < 1.29 is 14.7 Å². The molecule has 1 unspecified atom stereocenters. The molecule has 1 atom stereocenters. The van der Waals surface area contributed by atoms with Gasteiger partial charge in [0.25, 0.3) is 0 Å². The molecule has 102 valence electrons. The number of carbonyl (C=O) groups is 2. The van der Waals surface area contributed by atoms with E-state index < -0.39 is 11.2 Å². The monoisotopic (exact) mass is 279 g/mol. The summed E-state index contributed by atoms with van der Waals surface area (Å²) in [5.41, 5.74) is 1.82. The average Bonchev–Trinajstić information content (AvgIpc) is 2.27. The van der Waals surface area contributed by atoms with E-state index in [0.717, 1.165) is 16.1 Å². The molecular formula is C14H17NO3S. The summed E-state index contributed by atoms with van der Waals surface area (Å²) in [5.74, 6) is -1.18. The Morgan fingerprint density at radius 2 is 2.11 bits per heavy atom. The Hall–Kier alpha value is -1.49. The minimum atomic E-state index is -0.955. The van der Waals surface area contributed by atoms with Crippen molar-refractivity contribution in [1.82, 2.24) is 0 Å². The van der Waals surface area contributed by atoms with Crippen LogP contribution < -0.4 is 5.32 Å². The molecule has 0 radical (unpaired) electrons. The number of rotatable bonds is 2. The third-order valence-corrected chi connectivity index (χ3v) is 4.26. The number of hydrogen-bond acceptors (Lipinski definition) is 3. The molecule has 0 saturated heterocycles. The smallest absolute Gasteiger partial charge is 0.305 e. The van der Waals surface area contributed by atoms with Gasteiger partial charge in [-0.1, -0.05) is 32.9 Å². The van der Waals surface area contributed by atoms with Crippen molar-refractivity contribution >= 4 is 29.3 Å². The standard InChI is InChI=1S/C14H17NO3S/c1-14(2,3)8-5-4-6-9-12(8)15-13(18)10(19-9)7-11(16)17/h4-6,10H,7H2,1-3H3,(H,15,18)(H,16,17). The third-order valence-electron chi connectivity index (χ3n) is 3.00. The van der Waals surface area contributed by atoms with Gasteiger partial charge in [0.1, 0.15) is 0 Å². The van der Waals surface area contributed by atoms with Crippen LogP contribution in [0.4, 0.5) is 5.69 Å². The molecule has 0 fully saturated rings. The fraction of sp³-hybridized carbons (Fsp3) is 0.429. The Labute approximate surface area is 116 Å². The van der Waals surface area contributed by atoms with Gasteiger partial charge in [-0.2, -0.15) is 0 Å². The Kier molecular flexibility index (Phi) is 3.58. The summed E-state index contributed by atoms with van der Waals surface area (Å²) in [5, 5.41) is 11.1. The van der Waals surface area contributed by atoms with E-state index in [1.165, 1.54) is 11.8 Å². The van der Waals surface area contributed by atoms with Gasteiger partial charge < -0.3 is 10.4 Å². The highest BCUT2D eigenvalue weighted by Crippen LogP contribution is 2.42. The predicted octanol–water partition coefficient (Wildman–Crippen LogP) is 2.87. The van der Waals surface area contributed by atoms with Gasteiger partial charge in [0, 0.05) is 4.90 Å². The van der Waals surface area contributed by atoms with Gasteiger partial charge in [0.05, 0.1) is 17.4 Å². The molecule has 4 nitrogen and oxygen atoms in total. The van der Waals surface area contributed by atoms with Crippen LogP contribution in [0.15, 0.2) is 23.1 Å². The van der Waals surface area contributed by atoms with Crippen molar-refractivity contribution in [3.63, 3.8) is 0 Å². The number of amides is 1. The molecule has 0 aliphatic carbocycles. The molecule has 0 aromatic heterocycles. The van der Waals surface area contributed by atoms with Crippen molar-refractivity contribution in [1.29, 1.82) is 0 Å². The molecule has 2 N–H and O–H groups in total. The van der Waals surface area contributed by atoms with Gasteiger partial charge in [-0.3, -0.25) is 9.59 Å². The lowest BCUT2D eigenvalue weighted by atomic mass is 9.85. The summed E-state index contributed by atoms with van der Waals surface area (Å²) < 4.78 is 0. The van der Waals surface area contributed by atoms with Crippen molar-refractivity contribution in [2.24, 2.45) is 0 Å². The van der Waals surface area contributed by atoms with Crippen molar-refractivity contribution in [3.05, 3.63) is 23.8 Å². The first-order chi connectivity index (χ1) is 8.79. The molecule has 1 amide bonds. The number of fused-ring (bicyclic) bond motifs is 1. The van der Waals surface area contributed by atoms with Crippen LogP contribution in [0.25, 0.3) is 0 Å². The second-order valence-corrected chi connectivity index (χ2v) is 6.87. The molecular weight excluding hydrogens is 262 g/mol. The highest BCUT2D eigenvalue weighted by molar-refractivity contribution is 8.01. The topological polar surface area (TPSA) is 66.4 Å². The van der Waals surface area contributed by atoms with Gasteiger partial charge in [-0.15, -0.1) is 11.8 Å². The van der Waals surface area contributed by atoms with Crippen LogP contribution in [-0.4, -0.2) is 22.2 Å². The molecule has 0 bridgehead atoms. The van der Waals surface area contributed by atoms with Crippen LogP contribution in [0, 0.1) is 0 Å². The molecule has 0 saturated carbocycles. The summed E-state index contributed by atoms with van der Waals surface area (Å²) in [6, 6.07) is 5.86. The molecule has 2 rings (SSSR count). The van der Waals surface area contributed by atoms with Crippen LogP contribution in [0.5, 0.6) is 0 Å². The summed E-state index contributed by atoms with van der Waals surface area (Å²) in [6.07, 6.45) is -0.157. The first-order valence-corrected chi connectivity index (χ1v) is 7.00. The van der Waals surface area contributed by atoms with Crippen molar-refractivity contribution in [2.75, 3.05) is 5.32 Å². The van der Waals surface area contributed by atoms with Crippen LogP contribution >= 0.6 is 11.8 Å². The normalized spacial score (nSPS) is 18.7. The fourth-order valence-electron chi connectivity index (χ4n) is 2.09. The Bertz CT molecular complexity index is 534. The van der Waals surface area contributed by atoms with E-state index in [9.17, 15) is 9.59 Å². The number of hydrogen-bond donors (Lipinski definition) is 2. The Morgan fingerprint density at radius 3 is 2.68 bits per heavy atom. The van der Waals surface area contributed by atoms with Crippen LogP contribution in [-0.2, 0) is 15.0 Å². The zero-order chi connectivity index (χ0) is 14.2. The van der Waals surface area contributed by atoms with Gasteiger partial charge in [-0.05, 0) is 17.0 Å². The van der Waals surface area contributed by atoms with Crippen molar-refractivity contribution in [2.45, 2.75) is 42.8 Å². The summed E-state index contributed by atoms with van der Waals surface area (Å²) >= 11 is 1.33. The van der Waals surface area contributed by atoms with Gasteiger partial charge in [-0.25, -0.2) is 0 Å². The number of nitrogens with one attached hydrogen (secondary N) is 1. The lowest BCUT2D eigenvalue weighted by molar-refractivity contribution is -0.138. The van der Waals surface area contributed by atoms with E-state index in [0.29, 0.717) is 0 Å². The van der Waals surface area contributed by atoms with Crippen LogP contribution in [0.1, 0.15) is 32.8 Å². The number of thioether (sulfide) groups is 1. The molecule has 0 spiro atoms. The lowest BCUT2D eigenvalue weighted by Gasteiger charge is -2.29. The zero-order valence-corrected chi connectivity index (χ0v) is 12.0. The van der Waals surface area contributed by atoms with Gasteiger partial charge in [0.15, 0.2) is 0 Å². The largest absolute Gasteiger partial charge is 0.481 e. The number of carboxylic acid groups (broad SMARTS) is 1. The molecule has 5 heteroatoms. The SMILES string of the molecule is CC(C)(C)c1cccc2c1NC(=O)C(CC(=O)O)S2. The average molecular weight is 279 g/mol. The van der Waals surface area contributed by atoms with E-state index in [4.69, 9.17) is 5.11 Å². The molecule has 1 aromatic carbocycles. The number of anilines is 1. The second-order valence-electron chi connectivity index (χ2n) is 5.62. The zero-order valence-electron chi connectivity index (χ0n) is 11.2. The van der Waals surface area contributed by atoms with Crippen LogP contribution in [0.3, 0.4) is 0 Å². The van der Waals surface area contributed by atoms with E-state index in [-0.39, 0.29) is 17.7 Å². The highest BCUT2D eigenvalue weighted by Gasteiger charge is 2.32. The van der Waals surface area contributed by atoms with E-state index >= 15 is 0 Å². The van der Waals surface area contributed by atoms with Gasteiger partial charge >= 0.3 is 5.97 Å². The Balaban J connectivity index is 2.38. The van der Waals surface area contributed by atoms with E-state index in [1.807, 2.05) is 18.2 Å².